The second-order valence-electron chi connectivity index (χ2n) is 4.16. The number of hydrogen-bond acceptors (Lipinski definition) is 3. The first-order valence-corrected chi connectivity index (χ1v) is 6.07. The minimum absolute atomic E-state index is 0.0179. The van der Waals surface area contributed by atoms with Gasteiger partial charge < -0.3 is 10.6 Å². The first-order chi connectivity index (χ1) is 8.69. The second-order valence-corrected chi connectivity index (χ2v) is 4.16. The third-order valence-corrected chi connectivity index (χ3v) is 2.65. The Hall–Kier alpha value is -2.10. The SMILES string of the molecule is CCNc1ccc2cc(CNC(C)=O)ccc2n1. The smallest absolute Gasteiger partial charge is 0.217 e. The molecule has 0 atom stereocenters. The van der Waals surface area contributed by atoms with E-state index in [2.05, 4.69) is 15.6 Å². The molecular formula is C14H17N3O. The molecule has 0 bridgehead atoms. The molecule has 1 heterocycles. The Bertz CT molecular complexity index is 566. The van der Waals surface area contributed by atoms with Gasteiger partial charge >= 0.3 is 0 Å². The Kier molecular flexibility index (Phi) is 3.77. The molecular weight excluding hydrogens is 226 g/mol. The van der Waals surface area contributed by atoms with Crippen LogP contribution in [0.5, 0.6) is 0 Å². The summed E-state index contributed by atoms with van der Waals surface area (Å²) in [6, 6.07) is 10.0. The number of hydrogen-bond donors (Lipinski definition) is 2. The number of nitrogens with zero attached hydrogens (tertiary/aromatic N) is 1. The number of aromatic nitrogens is 1. The molecule has 18 heavy (non-hydrogen) atoms. The molecule has 2 aromatic rings. The number of pyridine rings is 1. The summed E-state index contributed by atoms with van der Waals surface area (Å²) in [6.07, 6.45) is 0. The van der Waals surface area contributed by atoms with Crippen molar-refractivity contribution in [2.45, 2.75) is 20.4 Å². The van der Waals surface area contributed by atoms with Crippen LogP contribution >= 0.6 is 0 Å². The fourth-order valence-corrected chi connectivity index (χ4v) is 1.79. The molecule has 1 aromatic carbocycles. The van der Waals surface area contributed by atoms with E-state index in [1.807, 2.05) is 37.3 Å². The van der Waals surface area contributed by atoms with Gasteiger partial charge in [0.25, 0.3) is 0 Å². The lowest BCUT2D eigenvalue weighted by Gasteiger charge is -2.06. The Morgan fingerprint density at radius 1 is 1.28 bits per heavy atom. The number of carbonyl (C=O) groups is 1. The molecule has 0 aliphatic heterocycles. The third kappa shape index (κ3) is 2.97. The van der Waals surface area contributed by atoms with Gasteiger partial charge in [-0.2, -0.15) is 0 Å². The Morgan fingerprint density at radius 3 is 2.83 bits per heavy atom. The zero-order valence-corrected chi connectivity index (χ0v) is 10.7. The number of fused-ring (bicyclic) bond motifs is 1. The fraction of sp³-hybridized carbons (Fsp3) is 0.286. The summed E-state index contributed by atoms with van der Waals surface area (Å²) in [7, 11) is 0. The van der Waals surface area contributed by atoms with E-state index in [0.29, 0.717) is 6.54 Å². The average Bonchev–Trinajstić information content (AvgIpc) is 2.36. The number of nitrogens with one attached hydrogen (secondary N) is 2. The van der Waals surface area contributed by atoms with E-state index in [-0.39, 0.29) is 5.91 Å². The van der Waals surface area contributed by atoms with Gasteiger partial charge in [0.05, 0.1) is 5.52 Å². The largest absolute Gasteiger partial charge is 0.370 e. The summed E-state index contributed by atoms with van der Waals surface area (Å²) in [5.74, 6) is 0.871. The van der Waals surface area contributed by atoms with E-state index in [1.165, 1.54) is 6.92 Å². The van der Waals surface area contributed by atoms with Crippen molar-refractivity contribution in [1.82, 2.24) is 10.3 Å². The van der Waals surface area contributed by atoms with Crippen LogP contribution in [0, 0.1) is 0 Å². The topological polar surface area (TPSA) is 54.0 Å². The van der Waals surface area contributed by atoms with Gasteiger partial charge in [-0.15, -0.1) is 0 Å². The lowest BCUT2D eigenvalue weighted by atomic mass is 10.1. The van der Waals surface area contributed by atoms with Crippen LogP contribution in [0.15, 0.2) is 30.3 Å². The van der Waals surface area contributed by atoms with Gasteiger partial charge in [-0.3, -0.25) is 4.79 Å². The average molecular weight is 243 g/mol. The summed E-state index contributed by atoms with van der Waals surface area (Å²) >= 11 is 0. The molecule has 0 spiro atoms. The Morgan fingerprint density at radius 2 is 2.11 bits per heavy atom. The van der Waals surface area contributed by atoms with Crippen LogP contribution in [0.3, 0.4) is 0 Å². The first-order valence-electron chi connectivity index (χ1n) is 6.07. The molecule has 0 aliphatic carbocycles. The van der Waals surface area contributed by atoms with Crippen LogP contribution in [0.1, 0.15) is 19.4 Å². The highest BCUT2D eigenvalue weighted by Crippen LogP contribution is 2.17. The van der Waals surface area contributed by atoms with Gasteiger partial charge in [0, 0.05) is 25.4 Å². The van der Waals surface area contributed by atoms with E-state index >= 15 is 0 Å². The third-order valence-electron chi connectivity index (χ3n) is 2.65. The van der Waals surface area contributed by atoms with Crippen molar-refractivity contribution in [3.05, 3.63) is 35.9 Å². The summed E-state index contributed by atoms with van der Waals surface area (Å²) in [5, 5.41) is 7.06. The van der Waals surface area contributed by atoms with E-state index in [0.717, 1.165) is 28.8 Å². The Labute approximate surface area is 106 Å². The van der Waals surface area contributed by atoms with E-state index in [9.17, 15) is 4.79 Å². The van der Waals surface area contributed by atoms with Gasteiger partial charge in [0.2, 0.25) is 5.91 Å². The van der Waals surface area contributed by atoms with Crippen molar-refractivity contribution in [2.24, 2.45) is 0 Å². The zero-order chi connectivity index (χ0) is 13.0. The molecule has 2 rings (SSSR count). The number of carbonyl (C=O) groups excluding carboxylic acids is 1. The molecule has 0 radical (unpaired) electrons. The highest BCUT2D eigenvalue weighted by Gasteiger charge is 2.00. The quantitative estimate of drug-likeness (QED) is 0.866. The fourth-order valence-electron chi connectivity index (χ4n) is 1.79. The van der Waals surface area contributed by atoms with Crippen molar-refractivity contribution in [1.29, 1.82) is 0 Å². The van der Waals surface area contributed by atoms with Gasteiger partial charge in [0.15, 0.2) is 0 Å². The van der Waals surface area contributed by atoms with Crippen molar-refractivity contribution >= 4 is 22.6 Å². The van der Waals surface area contributed by atoms with E-state index < -0.39 is 0 Å². The van der Waals surface area contributed by atoms with Crippen molar-refractivity contribution < 1.29 is 4.79 Å². The molecule has 0 saturated heterocycles. The monoisotopic (exact) mass is 243 g/mol. The summed E-state index contributed by atoms with van der Waals surface area (Å²) in [5.41, 5.74) is 2.04. The standard InChI is InChI=1S/C14H17N3O/c1-3-15-14-7-5-12-8-11(9-16-10(2)18)4-6-13(12)17-14/h4-8H,3,9H2,1-2H3,(H,15,17)(H,16,18). The van der Waals surface area contributed by atoms with Crippen LogP contribution in [0.4, 0.5) is 5.82 Å². The Balaban J connectivity index is 2.23. The maximum Gasteiger partial charge on any atom is 0.217 e. The van der Waals surface area contributed by atoms with Crippen LogP contribution in [0.2, 0.25) is 0 Å². The van der Waals surface area contributed by atoms with Crippen LogP contribution in [-0.2, 0) is 11.3 Å². The maximum absolute atomic E-state index is 10.9. The highest BCUT2D eigenvalue weighted by atomic mass is 16.1. The molecule has 94 valence electrons. The normalized spacial score (nSPS) is 10.3. The molecule has 2 N–H and O–H groups in total. The van der Waals surface area contributed by atoms with Gasteiger partial charge in [-0.1, -0.05) is 6.07 Å². The van der Waals surface area contributed by atoms with Crippen molar-refractivity contribution in [3.63, 3.8) is 0 Å². The molecule has 1 aromatic heterocycles. The number of rotatable bonds is 4. The van der Waals surface area contributed by atoms with Crippen molar-refractivity contribution in [3.8, 4) is 0 Å². The van der Waals surface area contributed by atoms with Crippen molar-refractivity contribution in [2.75, 3.05) is 11.9 Å². The lowest BCUT2D eigenvalue weighted by Crippen LogP contribution is -2.18. The molecule has 1 amide bonds. The highest BCUT2D eigenvalue weighted by molar-refractivity contribution is 5.81. The maximum atomic E-state index is 10.9. The van der Waals surface area contributed by atoms with Gasteiger partial charge in [-0.25, -0.2) is 4.98 Å². The van der Waals surface area contributed by atoms with E-state index in [4.69, 9.17) is 0 Å². The number of benzene rings is 1. The van der Waals surface area contributed by atoms with E-state index in [1.54, 1.807) is 0 Å². The number of amides is 1. The van der Waals surface area contributed by atoms with Crippen LogP contribution in [0.25, 0.3) is 10.9 Å². The molecule has 0 saturated carbocycles. The molecule has 0 unspecified atom stereocenters. The molecule has 0 fully saturated rings. The predicted octanol–water partition coefficient (Wildman–Crippen LogP) is 2.30. The minimum Gasteiger partial charge on any atom is -0.370 e. The van der Waals surface area contributed by atoms with Gasteiger partial charge in [-0.05, 0) is 36.8 Å². The summed E-state index contributed by atoms with van der Waals surface area (Å²) in [6.45, 7) is 4.98. The van der Waals surface area contributed by atoms with Crippen LogP contribution in [-0.4, -0.2) is 17.4 Å². The summed E-state index contributed by atoms with van der Waals surface area (Å²) in [4.78, 5) is 15.4. The molecule has 4 nitrogen and oxygen atoms in total. The first kappa shape index (κ1) is 12.4. The number of anilines is 1. The zero-order valence-electron chi connectivity index (χ0n) is 10.7. The molecule has 4 heteroatoms. The second kappa shape index (κ2) is 5.49. The van der Waals surface area contributed by atoms with Gasteiger partial charge in [0.1, 0.15) is 5.82 Å². The van der Waals surface area contributed by atoms with Crippen LogP contribution < -0.4 is 10.6 Å². The minimum atomic E-state index is -0.0179. The molecule has 0 aliphatic rings. The summed E-state index contributed by atoms with van der Waals surface area (Å²) < 4.78 is 0. The predicted molar refractivity (Wildman–Crippen MR) is 73.4 cm³/mol. The lowest BCUT2D eigenvalue weighted by molar-refractivity contribution is -0.119.